The first-order valence-corrected chi connectivity index (χ1v) is 4.46. The van der Waals surface area contributed by atoms with Gasteiger partial charge in [0.1, 0.15) is 0 Å². The summed E-state index contributed by atoms with van der Waals surface area (Å²) in [6.45, 7) is 0. The Labute approximate surface area is 75.4 Å². The van der Waals surface area contributed by atoms with Gasteiger partial charge in [0.2, 0.25) is 4.73 Å². The molecule has 0 N–H and O–H groups in total. The Morgan fingerprint density at radius 1 is 1.55 bits per heavy atom. The fourth-order valence-electron chi connectivity index (χ4n) is 0.706. The van der Waals surface area contributed by atoms with Crippen LogP contribution in [0.2, 0.25) is 0 Å². The van der Waals surface area contributed by atoms with Crippen LogP contribution in [0.3, 0.4) is 0 Å². The largest absolute Gasteiger partial charge is 0.462 e. The Kier molecular flexibility index (Phi) is 1.75. The molecule has 2 aromatic heterocycles. The fraction of sp³-hybridized carbons (Fsp3) is 0. The minimum Gasteiger partial charge on any atom is -0.462 e. The normalized spacial score (nSPS) is 10.3. The number of aromatic nitrogens is 2. The zero-order valence-electron chi connectivity index (χ0n) is 5.32. The van der Waals surface area contributed by atoms with E-state index in [-0.39, 0.29) is 0 Å². The Balaban J connectivity index is 2.45. The van der Waals surface area contributed by atoms with E-state index < -0.39 is 0 Å². The molecule has 0 aromatic carbocycles. The fourth-order valence-corrected chi connectivity index (χ4v) is 1.75. The van der Waals surface area contributed by atoms with Gasteiger partial charge >= 0.3 is 0 Å². The molecule has 3 nitrogen and oxygen atoms in total. The van der Waals surface area contributed by atoms with Crippen molar-refractivity contribution in [2.75, 3.05) is 0 Å². The number of nitrogens with zero attached hydrogens (tertiary/aromatic N) is 2. The molecule has 2 rings (SSSR count). The summed E-state index contributed by atoms with van der Waals surface area (Å²) in [6, 6.07) is 3.68. The van der Waals surface area contributed by atoms with Gasteiger partial charge in [0.25, 0.3) is 0 Å². The molecule has 0 spiro atoms. The van der Waals surface area contributed by atoms with Crippen molar-refractivity contribution in [1.29, 1.82) is 0 Å². The van der Waals surface area contributed by atoms with Gasteiger partial charge in [0.15, 0.2) is 10.8 Å². The number of furan rings is 1. The van der Waals surface area contributed by atoms with Crippen LogP contribution in [0.1, 0.15) is 0 Å². The second-order valence-electron chi connectivity index (χ2n) is 1.85. The summed E-state index contributed by atoms with van der Waals surface area (Å²) in [5, 5.41) is 0.793. The Hall–Kier alpha value is -0.680. The summed E-state index contributed by atoms with van der Waals surface area (Å²) in [5.41, 5.74) is 0. The molecule has 0 atom stereocenters. The molecule has 0 saturated carbocycles. The van der Waals surface area contributed by atoms with Crippen LogP contribution in [0, 0.1) is 0 Å². The SMILES string of the molecule is Brc1nsc(-c2ccco2)n1. The summed E-state index contributed by atoms with van der Waals surface area (Å²) in [6.07, 6.45) is 1.62. The molecule has 0 radical (unpaired) electrons. The van der Waals surface area contributed by atoms with E-state index in [1.165, 1.54) is 11.5 Å². The van der Waals surface area contributed by atoms with Gasteiger partial charge < -0.3 is 4.42 Å². The van der Waals surface area contributed by atoms with Crippen LogP contribution >= 0.6 is 27.5 Å². The molecular weight excluding hydrogens is 228 g/mol. The highest BCUT2D eigenvalue weighted by Gasteiger charge is 2.05. The average molecular weight is 231 g/mol. The molecule has 11 heavy (non-hydrogen) atoms. The predicted molar refractivity (Wildman–Crippen MR) is 45.3 cm³/mol. The molecule has 0 saturated heterocycles. The predicted octanol–water partition coefficient (Wildman–Crippen LogP) is 2.56. The molecule has 0 unspecified atom stereocenters. The maximum atomic E-state index is 5.12. The van der Waals surface area contributed by atoms with Crippen molar-refractivity contribution in [3.05, 3.63) is 23.1 Å². The third kappa shape index (κ3) is 1.34. The minimum absolute atomic E-state index is 0.605. The van der Waals surface area contributed by atoms with Crippen LogP contribution < -0.4 is 0 Å². The first kappa shape index (κ1) is 7.00. The van der Waals surface area contributed by atoms with Gasteiger partial charge in [0, 0.05) is 0 Å². The number of hydrogen-bond acceptors (Lipinski definition) is 4. The molecule has 0 aliphatic carbocycles. The van der Waals surface area contributed by atoms with Gasteiger partial charge in [-0.3, -0.25) is 0 Å². The Morgan fingerprint density at radius 3 is 3.00 bits per heavy atom. The highest BCUT2D eigenvalue weighted by atomic mass is 79.9. The van der Waals surface area contributed by atoms with E-state index in [9.17, 15) is 0 Å². The van der Waals surface area contributed by atoms with E-state index >= 15 is 0 Å². The minimum atomic E-state index is 0.605. The Bertz CT molecular complexity index is 343. The van der Waals surface area contributed by atoms with E-state index in [1.807, 2.05) is 12.1 Å². The van der Waals surface area contributed by atoms with Crippen molar-refractivity contribution < 1.29 is 4.42 Å². The maximum Gasteiger partial charge on any atom is 0.209 e. The molecule has 56 valence electrons. The van der Waals surface area contributed by atoms with Crippen molar-refractivity contribution in [1.82, 2.24) is 9.36 Å². The van der Waals surface area contributed by atoms with Gasteiger partial charge in [-0.1, -0.05) is 0 Å². The van der Waals surface area contributed by atoms with Crippen LogP contribution in [-0.4, -0.2) is 9.36 Å². The average Bonchev–Trinajstić information content (AvgIpc) is 2.55. The number of hydrogen-bond donors (Lipinski definition) is 0. The lowest BCUT2D eigenvalue weighted by atomic mass is 10.5. The Morgan fingerprint density at radius 2 is 2.45 bits per heavy atom. The van der Waals surface area contributed by atoms with Crippen LogP contribution in [0.25, 0.3) is 10.8 Å². The van der Waals surface area contributed by atoms with Crippen molar-refractivity contribution in [2.45, 2.75) is 0 Å². The van der Waals surface area contributed by atoms with Crippen molar-refractivity contribution in [3.63, 3.8) is 0 Å². The second kappa shape index (κ2) is 2.75. The lowest BCUT2D eigenvalue weighted by molar-refractivity contribution is 0.582. The summed E-state index contributed by atoms with van der Waals surface area (Å²) in [7, 11) is 0. The third-order valence-corrected chi connectivity index (χ3v) is 2.45. The standard InChI is InChI=1S/C6H3BrN2OS/c7-6-8-5(11-9-6)4-2-1-3-10-4/h1-3H. The lowest BCUT2D eigenvalue weighted by Gasteiger charge is -1.82. The number of rotatable bonds is 1. The third-order valence-electron chi connectivity index (χ3n) is 1.13. The van der Waals surface area contributed by atoms with Crippen molar-refractivity contribution in [3.8, 4) is 10.8 Å². The van der Waals surface area contributed by atoms with Gasteiger partial charge in [-0.15, -0.1) is 0 Å². The van der Waals surface area contributed by atoms with Gasteiger partial charge in [0.05, 0.1) is 6.26 Å². The zero-order chi connectivity index (χ0) is 7.68. The molecule has 2 heterocycles. The topological polar surface area (TPSA) is 38.9 Å². The van der Waals surface area contributed by atoms with Gasteiger partial charge in [-0.2, -0.15) is 4.37 Å². The number of halogens is 1. The highest BCUT2D eigenvalue weighted by Crippen LogP contribution is 2.22. The van der Waals surface area contributed by atoms with Crippen molar-refractivity contribution >= 4 is 27.5 Å². The highest BCUT2D eigenvalue weighted by molar-refractivity contribution is 9.10. The smallest absolute Gasteiger partial charge is 0.209 e. The summed E-state index contributed by atoms with van der Waals surface area (Å²) < 4.78 is 9.69. The molecule has 2 aromatic rings. The first-order valence-electron chi connectivity index (χ1n) is 2.89. The quantitative estimate of drug-likeness (QED) is 0.756. The van der Waals surface area contributed by atoms with E-state index in [0.29, 0.717) is 4.73 Å². The van der Waals surface area contributed by atoms with E-state index in [0.717, 1.165) is 10.8 Å². The van der Waals surface area contributed by atoms with Crippen LogP contribution in [-0.2, 0) is 0 Å². The molecule has 0 aliphatic rings. The summed E-state index contributed by atoms with van der Waals surface area (Å²) in [5.74, 6) is 0.758. The molecule has 0 bridgehead atoms. The van der Waals surface area contributed by atoms with Crippen LogP contribution in [0.4, 0.5) is 0 Å². The van der Waals surface area contributed by atoms with Gasteiger partial charge in [-0.25, -0.2) is 4.98 Å². The van der Waals surface area contributed by atoms with Gasteiger partial charge in [-0.05, 0) is 39.6 Å². The molecular formula is C6H3BrN2OS. The molecule has 0 aliphatic heterocycles. The van der Waals surface area contributed by atoms with Crippen LogP contribution in [0.5, 0.6) is 0 Å². The molecule has 0 amide bonds. The van der Waals surface area contributed by atoms with Crippen LogP contribution in [0.15, 0.2) is 27.5 Å². The van der Waals surface area contributed by atoms with Crippen molar-refractivity contribution in [2.24, 2.45) is 0 Å². The maximum absolute atomic E-state index is 5.12. The molecule has 0 fully saturated rings. The second-order valence-corrected chi connectivity index (χ2v) is 3.31. The van der Waals surface area contributed by atoms with E-state index in [4.69, 9.17) is 4.42 Å². The van der Waals surface area contributed by atoms with E-state index in [1.54, 1.807) is 6.26 Å². The summed E-state index contributed by atoms with van der Waals surface area (Å²) >= 11 is 4.47. The summed E-state index contributed by atoms with van der Waals surface area (Å²) in [4.78, 5) is 4.08. The molecule has 5 heteroatoms. The monoisotopic (exact) mass is 230 g/mol. The first-order chi connectivity index (χ1) is 5.36. The lowest BCUT2D eigenvalue weighted by Crippen LogP contribution is -1.68. The van der Waals surface area contributed by atoms with E-state index in [2.05, 4.69) is 25.3 Å². The zero-order valence-corrected chi connectivity index (χ0v) is 7.72.